The summed E-state index contributed by atoms with van der Waals surface area (Å²) in [6.45, 7) is 2.27. The first kappa shape index (κ1) is 24.0. The van der Waals surface area contributed by atoms with Crippen molar-refractivity contribution in [1.82, 2.24) is 5.32 Å². The van der Waals surface area contributed by atoms with Crippen molar-refractivity contribution in [1.29, 1.82) is 0 Å². The van der Waals surface area contributed by atoms with Gasteiger partial charge >= 0.3 is 0 Å². The van der Waals surface area contributed by atoms with Crippen LogP contribution < -0.4 is 14.4 Å². The Morgan fingerprint density at radius 3 is 2.57 bits per heavy atom. The molecule has 30 heavy (non-hydrogen) atoms. The Hall–Kier alpha value is -2.26. The van der Waals surface area contributed by atoms with Crippen LogP contribution in [-0.4, -0.2) is 46.0 Å². The Bertz CT molecular complexity index is 938. The quantitative estimate of drug-likeness (QED) is 0.498. The lowest BCUT2D eigenvalue weighted by Gasteiger charge is -2.24. The van der Waals surface area contributed by atoms with Gasteiger partial charge in [-0.3, -0.25) is 9.10 Å². The number of ether oxygens (including phenoxy) is 1. The first-order chi connectivity index (χ1) is 14.3. The number of rotatable bonds is 12. The van der Waals surface area contributed by atoms with E-state index in [-0.39, 0.29) is 12.4 Å². The summed E-state index contributed by atoms with van der Waals surface area (Å²) in [5, 5.41) is 2.74. The lowest BCUT2D eigenvalue weighted by Crippen LogP contribution is -2.40. The number of carbonyl (C=O) groups excluding carboxylic acids is 1. The molecule has 0 heterocycles. The molecule has 0 aliphatic heterocycles. The maximum Gasteiger partial charge on any atom is 0.240 e. The fraction of sp³-hybridized carbons (Fsp3) is 0.381. The van der Waals surface area contributed by atoms with Gasteiger partial charge in [-0.2, -0.15) is 11.8 Å². The van der Waals surface area contributed by atoms with Gasteiger partial charge in [-0.25, -0.2) is 12.8 Å². The zero-order valence-corrected chi connectivity index (χ0v) is 18.8. The Labute approximate surface area is 181 Å². The van der Waals surface area contributed by atoms with Gasteiger partial charge in [0.25, 0.3) is 0 Å². The van der Waals surface area contributed by atoms with Gasteiger partial charge in [0.05, 0.1) is 18.6 Å². The first-order valence-electron chi connectivity index (χ1n) is 9.60. The van der Waals surface area contributed by atoms with Crippen LogP contribution in [0.4, 0.5) is 10.1 Å². The van der Waals surface area contributed by atoms with Crippen LogP contribution in [0.3, 0.4) is 0 Å². The second kappa shape index (κ2) is 11.8. The summed E-state index contributed by atoms with van der Waals surface area (Å²) in [7, 11) is -3.67. The predicted molar refractivity (Wildman–Crippen MR) is 120 cm³/mol. The van der Waals surface area contributed by atoms with E-state index in [4.69, 9.17) is 4.74 Å². The van der Waals surface area contributed by atoms with E-state index in [1.54, 1.807) is 61.2 Å². The summed E-state index contributed by atoms with van der Waals surface area (Å²) >= 11 is 1.58. The summed E-state index contributed by atoms with van der Waals surface area (Å²) in [5.41, 5.74) is 0.987. The number of carbonyl (C=O) groups is 1. The summed E-state index contributed by atoms with van der Waals surface area (Å²) in [5.74, 6) is 1.11. The molecule has 1 amide bonds. The van der Waals surface area contributed by atoms with Crippen LogP contribution >= 0.6 is 11.8 Å². The van der Waals surface area contributed by atoms with Crippen LogP contribution in [0.1, 0.15) is 18.9 Å². The number of sulfonamides is 1. The zero-order valence-electron chi connectivity index (χ0n) is 17.1. The van der Waals surface area contributed by atoms with Crippen molar-refractivity contribution in [3.63, 3.8) is 0 Å². The van der Waals surface area contributed by atoms with E-state index in [1.165, 1.54) is 6.07 Å². The van der Waals surface area contributed by atoms with E-state index < -0.39 is 15.9 Å². The van der Waals surface area contributed by atoms with Crippen LogP contribution in [0.5, 0.6) is 5.75 Å². The highest BCUT2D eigenvalue weighted by atomic mass is 32.2. The molecule has 0 aliphatic rings. The van der Waals surface area contributed by atoms with E-state index in [0.29, 0.717) is 42.3 Å². The lowest BCUT2D eigenvalue weighted by molar-refractivity contribution is -0.119. The Morgan fingerprint density at radius 2 is 1.87 bits per heavy atom. The maximum absolute atomic E-state index is 13.6. The molecule has 0 spiro atoms. The zero-order chi connectivity index (χ0) is 22.0. The monoisotopic (exact) mass is 454 g/mol. The van der Waals surface area contributed by atoms with Gasteiger partial charge in [0.2, 0.25) is 15.9 Å². The number of halogens is 1. The molecule has 0 aromatic heterocycles. The largest absolute Gasteiger partial charge is 0.492 e. The van der Waals surface area contributed by atoms with E-state index in [0.717, 1.165) is 16.3 Å². The highest BCUT2D eigenvalue weighted by Gasteiger charge is 2.23. The van der Waals surface area contributed by atoms with Crippen molar-refractivity contribution in [2.45, 2.75) is 19.1 Å². The molecule has 2 aromatic carbocycles. The topological polar surface area (TPSA) is 75.7 Å². The summed E-state index contributed by atoms with van der Waals surface area (Å²) in [6.07, 6.45) is 1.75. The smallest absolute Gasteiger partial charge is 0.240 e. The number of nitrogens with zero attached hydrogens (tertiary/aromatic N) is 1. The Balaban J connectivity index is 1.83. The van der Waals surface area contributed by atoms with E-state index in [1.807, 2.05) is 0 Å². The minimum atomic E-state index is -3.67. The fourth-order valence-corrected chi connectivity index (χ4v) is 4.51. The van der Waals surface area contributed by atoms with Crippen molar-refractivity contribution in [3.05, 3.63) is 59.9 Å². The number of hydrogen-bond acceptors (Lipinski definition) is 5. The van der Waals surface area contributed by atoms with Crippen LogP contribution in [0, 0.1) is 5.82 Å². The summed E-state index contributed by atoms with van der Waals surface area (Å²) in [4.78, 5) is 12.3. The van der Waals surface area contributed by atoms with Gasteiger partial charge in [-0.1, -0.05) is 30.3 Å². The third kappa shape index (κ3) is 7.53. The molecule has 0 saturated heterocycles. The second-order valence-corrected chi connectivity index (χ2v) is 9.53. The lowest BCUT2D eigenvalue weighted by atomic mass is 10.2. The number of hydrogen-bond donors (Lipinski definition) is 1. The molecule has 164 valence electrons. The number of benzene rings is 2. The van der Waals surface area contributed by atoms with Crippen LogP contribution in [0.2, 0.25) is 0 Å². The molecular formula is C21H27FN2O4S2. The average molecular weight is 455 g/mol. The molecule has 0 aliphatic carbocycles. The van der Waals surface area contributed by atoms with E-state index >= 15 is 0 Å². The molecule has 9 heteroatoms. The third-order valence-electron chi connectivity index (χ3n) is 4.12. The SMILES string of the molecule is CCOc1ccccc1N(CC(=O)NCCCSCc1ccccc1F)S(C)(=O)=O. The molecule has 0 saturated carbocycles. The van der Waals surface area contributed by atoms with Gasteiger partial charge in [-0.15, -0.1) is 0 Å². The van der Waals surface area contributed by atoms with Gasteiger partial charge < -0.3 is 10.1 Å². The van der Waals surface area contributed by atoms with Gasteiger partial charge in [0.1, 0.15) is 18.1 Å². The van der Waals surface area contributed by atoms with Crippen LogP contribution in [0.25, 0.3) is 0 Å². The number of amides is 1. The van der Waals surface area contributed by atoms with Crippen LogP contribution in [0.15, 0.2) is 48.5 Å². The van der Waals surface area contributed by atoms with Crippen molar-refractivity contribution in [3.8, 4) is 5.75 Å². The fourth-order valence-electron chi connectivity index (χ4n) is 2.71. The number of nitrogens with one attached hydrogen (secondary N) is 1. The molecule has 0 bridgehead atoms. The number of para-hydroxylation sites is 2. The molecular weight excluding hydrogens is 427 g/mol. The van der Waals surface area contributed by atoms with Crippen LogP contribution in [-0.2, 0) is 20.6 Å². The predicted octanol–water partition coefficient (Wildman–Crippen LogP) is 3.43. The van der Waals surface area contributed by atoms with E-state index in [2.05, 4.69) is 5.32 Å². The highest BCUT2D eigenvalue weighted by Crippen LogP contribution is 2.29. The van der Waals surface area contributed by atoms with Gasteiger partial charge in [-0.05, 0) is 42.9 Å². The summed E-state index contributed by atoms with van der Waals surface area (Å²) < 4.78 is 44.6. The molecule has 0 atom stereocenters. The first-order valence-corrected chi connectivity index (χ1v) is 12.6. The molecule has 2 rings (SSSR count). The minimum absolute atomic E-state index is 0.216. The summed E-state index contributed by atoms with van der Waals surface area (Å²) in [6, 6.07) is 13.4. The number of thioether (sulfide) groups is 1. The minimum Gasteiger partial charge on any atom is -0.492 e. The van der Waals surface area contributed by atoms with Gasteiger partial charge in [0.15, 0.2) is 0 Å². The molecule has 0 fully saturated rings. The normalized spacial score (nSPS) is 11.2. The molecule has 6 nitrogen and oxygen atoms in total. The molecule has 1 N–H and O–H groups in total. The van der Waals surface area contributed by atoms with Gasteiger partial charge in [0, 0.05) is 12.3 Å². The van der Waals surface area contributed by atoms with Crippen molar-refractivity contribution < 1.29 is 22.3 Å². The molecule has 0 unspecified atom stereocenters. The second-order valence-electron chi connectivity index (χ2n) is 6.52. The highest BCUT2D eigenvalue weighted by molar-refractivity contribution is 7.98. The average Bonchev–Trinajstić information content (AvgIpc) is 2.70. The Kier molecular flexibility index (Phi) is 9.45. The maximum atomic E-state index is 13.6. The van der Waals surface area contributed by atoms with Crippen molar-refractivity contribution in [2.24, 2.45) is 0 Å². The van der Waals surface area contributed by atoms with Crippen molar-refractivity contribution >= 4 is 33.4 Å². The van der Waals surface area contributed by atoms with E-state index in [9.17, 15) is 17.6 Å². The third-order valence-corrected chi connectivity index (χ3v) is 6.34. The Morgan fingerprint density at radius 1 is 1.17 bits per heavy atom. The number of anilines is 1. The van der Waals surface area contributed by atoms with Crippen molar-refractivity contribution in [2.75, 3.05) is 36.0 Å². The standard InChI is InChI=1S/C21H27FN2O4S2/c1-3-28-20-12-7-6-11-19(20)24(30(2,26)27)15-21(25)23-13-8-14-29-16-17-9-4-5-10-18(17)22/h4-7,9-12H,3,8,13-16H2,1-2H3,(H,23,25). The molecule has 0 radical (unpaired) electrons. The molecule has 2 aromatic rings.